The number of hydrogen-bond acceptors (Lipinski definition) is 3. The summed E-state index contributed by atoms with van der Waals surface area (Å²) in [5.74, 6) is 2.33. The molecule has 1 fully saturated rings. The van der Waals surface area contributed by atoms with Gasteiger partial charge in [-0.2, -0.15) is 0 Å². The van der Waals surface area contributed by atoms with Crippen molar-refractivity contribution in [2.75, 3.05) is 4.90 Å². The number of nitrogens with zero attached hydrogens (tertiary/aromatic N) is 1. The van der Waals surface area contributed by atoms with Crippen LogP contribution in [0.3, 0.4) is 0 Å². The highest BCUT2D eigenvalue weighted by Gasteiger charge is 2.54. The first-order valence-corrected chi connectivity index (χ1v) is 19.3. The van der Waals surface area contributed by atoms with Crippen molar-refractivity contribution in [3.63, 3.8) is 0 Å². The molecule has 0 spiro atoms. The molecule has 2 aliphatic carbocycles. The van der Waals surface area contributed by atoms with Crippen LogP contribution in [0.25, 0.3) is 0 Å². The largest absolute Gasteiger partial charge is 0.458 e. The number of benzene rings is 3. The van der Waals surface area contributed by atoms with Gasteiger partial charge in [-0.25, -0.2) is 0 Å². The SMILES string of the molecule is CC1(C)CC(C)(C)C2=CC3C4=C(SC3C=C21)N(c1cc(C(C)(C)C)cc(C(C)(C)C)c1)c1cccc2c1B4c1ccc(C(C)(C)C)cc1O2. The molecule has 0 bridgehead atoms. The minimum atomic E-state index is 0.0225. The third kappa shape index (κ3) is 5.05. The van der Waals surface area contributed by atoms with Crippen LogP contribution in [0.4, 0.5) is 11.4 Å². The Balaban J connectivity index is 1.41. The maximum atomic E-state index is 6.93. The van der Waals surface area contributed by atoms with Crippen molar-refractivity contribution in [2.45, 2.75) is 118 Å². The Labute approximate surface area is 300 Å². The van der Waals surface area contributed by atoms with Crippen molar-refractivity contribution in [3.8, 4) is 11.5 Å². The van der Waals surface area contributed by atoms with Crippen LogP contribution < -0.4 is 20.6 Å². The Bertz CT molecular complexity index is 1990. The van der Waals surface area contributed by atoms with E-state index in [0.29, 0.717) is 11.2 Å². The zero-order valence-corrected chi connectivity index (χ0v) is 32.9. The van der Waals surface area contributed by atoms with Gasteiger partial charge in [-0.15, -0.1) is 11.8 Å². The molecule has 0 saturated heterocycles. The first kappa shape index (κ1) is 33.1. The van der Waals surface area contributed by atoms with Gasteiger partial charge < -0.3 is 9.64 Å². The van der Waals surface area contributed by atoms with Gasteiger partial charge in [0.1, 0.15) is 11.5 Å². The summed E-state index contributed by atoms with van der Waals surface area (Å²) < 4.78 is 6.93. The van der Waals surface area contributed by atoms with Gasteiger partial charge in [0, 0.05) is 22.5 Å². The highest BCUT2D eigenvalue weighted by molar-refractivity contribution is 8.04. The summed E-state index contributed by atoms with van der Waals surface area (Å²) in [6, 6.07) is 21.2. The molecule has 3 aromatic carbocycles. The smallest absolute Gasteiger partial charge is 0.253 e. The Kier molecular flexibility index (Phi) is 6.91. The zero-order valence-electron chi connectivity index (χ0n) is 32.1. The second kappa shape index (κ2) is 10.2. The number of allylic oxidation sites excluding steroid dienone is 4. The van der Waals surface area contributed by atoms with E-state index in [-0.39, 0.29) is 33.8 Å². The molecule has 1 saturated carbocycles. The van der Waals surface area contributed by atoms with Gasteiger partial charge in [-0.1, -0.05) is 132 Å². The molecule has 3 aliphatic heterocycles. The summed E-state index contributed by atoms with van der Waals surface area (Å²) in [6.07, 6.45) is 6.58. The first-order chi connectivity index (χ1) is 22.6. The topological polar surface area (TPSA) is 12.5 Å². The number of fused-ring (bicyclic) bond motifs is 6. The molecular weight excluding hydrogens is 613 g/mol. The van der Waals surface area contributed by atoms with E-state index in [9.17, 15) is 0 Å². The number of thioether (sulfide) groups is 1. The molecule has 3 heterocycles. The van der Waals surface area contributed by atoms with Crippen LogP contribution in [0.1, 0.15) is 113 Å². The average molecular weight is 668 g/mol. The second-order valence-corrected chi connectivity index (χ2v) is 21.0. The number of anilines is 2. The lowest BCUT2D eigenvalue weighted by atomic mass is 9.32. The van der Waals surface area contributed by atoms with Gasteiger partial charge in [0.05, 0.1) is 5.03 Å². The van der Waals surface area contributed by atoms with Crippen LogP contribution in [0, 0.1) is 16.7 Å². The van der Waals surface area contributed by atoms with E-state index in [1.165, 1.54) is 50.4 Å². The van der Waals surface area contributed by atoms with Crippen molar-refractivity contribution in [2.24, 2.45) is 16.7 Å². The minimum absolute atomic E-state index is 0.0225. The van der Waals surface area contributed by atoms with E-state index in [2.05, 4.69) is 173 Å². The number of hydrogen-bond donors (Lipinski definition) is 0. The molecule has 0 aromatic heterocycles. The van der Waals surface area contributed by atoms with Crippen LogP contribution >= 0.6 is 11.8 Å². The van der Waals surface area contributed by atoms with Gasteiger partial charge in [0.15, 0.2) is 0 Å². The molecule has 8 rings (SSSR count). The Hall–Kier alpha value is -3.11. The van der Waals surface area contributed by atoms with E-state index in [4.69, 9.17) is 4.74 Å². The summed E-state index contributed by atoms with van der Waals surface area (Å²) in [5, 5.41) is 1.78. The molecule has 2 nitrogen and oxygen atoms in total. The molecule has 2 atom stereocenters. The maximum Gasteiger partial charge on any atom is 0.253 e. The van der Waals surface area contributed by atoms with Crippen molar-refractivity contribution >= 4 is 40.8 Å². The first-order valence-electron chi connectivity index (χ1n) is 18.4. The van der Waals surface area contributed by atoms with Gasteiger partial charge in [0.25, 0.3) is 6.71 Å². The molecule has 3 aromatic rings. The molecule has 49 heavy (non-hydrogen) atoms. The van der Waals surface area contributed by atoms with Crippen LogP contribution in [-0.4, -0.2) is 12.0 Å². The highest BCUT2D eigenvalue weighted by atomic mass is 32.2. The maximum absolute atomic E-state index is 6.93. The fourth-order valence-electron chi connectivity index (χ4n) is 9.41. The average Bonchev–Trinajstić information content (AvgIpc) is 3.44. The Morgan fingerprint density at radius 3 is 1.94 bits per heavy atom. The molecule has 5 aliphatic rings. The Morgan fingerprint density at radius 1 is 0.714 bits per heavy atom. The van der Waals surface area contributed by atoms with Crippen LogP contribution in [0.15, 0.2) is 88.4 Å². The standard InChI is InChI=1S/C45H54BNOS/c1-41(2,3)26-17-18-33-36(22-26)48-35-16-14-15-34-39(35)46(33)38-30-23-31-32(45(12,13)25-44(31,10)11)24-37(30)49-40(38)47(34)29-20-27(42(4,5)6)19-28(21-29)43(7,8)9/h14-24,30,37H,25H2,1-13H3. The third-order valence-electron chi connectivity index (χ3n) is 11.9. The van der Waals surface area contributed by atoms with Gasteiger partial charge in [-0.05, 0) is 103 Å². The molecular formula is C45H54BNOS. The van der Waals surface area contributed by atoms with E-state index in [0.717, 1.165) is 11.5 Å². The lowest BCUT2D eigenvalue weighted by molar-refractivity contribution is 0.338. The number of rotatable bonds is 1. The van der Waals surface area contributed by atoms with Crippen molar-refractivity contribution < 1.29 is 4.74 Å². The molecule has 2 unspecified atom stereocenters. The van der Waals surface area contributed by atoms with Crippen molar-refractivity contribution in [1.82, 2.24) is 0 Å². The van der Waals surface area contributed by atoms with E-state index in [1.807, 2.05) is 0 Å². The predicted molar refractivity (Wildman–Crippen MR) is 213 cm³/mol. The summed E-state index contributed by atoms with van der Waals surface area (Å²) >= 11 is 2.10. The minimum Gasteiger partial charge on any atom is -0.458 e. The quantitative estimate of drug-likeness (QED) is 0.240. The number of ether oxygens (including phenoxy) is 1. The zero-order chi connectivity index (χ0) is 35.2. The molecule has 4 heteroatoms. The summed E-state index contributed by atoms with van der Waals surface area (Å²) in [6.45, 7) is 30.9. The normalized spacial score (nSPS) is 23.2. The third-order valence-corrected chi connectivity index (χ3v) is 13.3. The van der Waals surface area contributed by atoms with Crippen molar-refractivity contribution in [1.29, 1.82) is 0 Å². The van der Waals surface area contributed by atoms with E-state index < -0.39 is 0 Å². The summed E-state index contributed by atoms with van der Waals surface area (Å²) in [5.41, 5.74) is 14.3. The van der Waals surface area contributed by atoms with E-state index >= 15 is 0 Å². The summed E-state index contributed by atoms with van der Waals surface area (Å²) in [7, 11) is 0. The van der Waals surface area contributed by atoms with Crippen LogP contribution in [-0.2, 0) is 16.2 Å². The molecule has 0 amide bonds. The Morgan fingerprint density at radius 2 is 1.33 bits per heavy atom. The molecule has 0 radical (unpaired) electrons. The monoisotopic (exact) mass is 667 g/mol. The highest BCUT2D eigenvalue weighted by Crippen LogP contribution is 2.62. The lowest BCUT2D eigenvalue weighted by Crippen LogP contribution is -2.54. The van der Waals surface area contributed by atoms with Crippen molar-refractivity contribution in [3.05, 3.63) is 105 Å². The fraction of sp³-hybridized carbons (Fsp3) is 0.467. The second-order valence-electron chi connectivity index (χ2n) is 19.8. The van der Waals surface area contributed by atoms with Crippen LogP contribution in [0.5, 0.6) is 11.5 Å². The lowest BCUT2D eigenvalue weighted by Gasteiger charge is -2.41. The van der Waals surface area contributed by atoms with Gasteiger partial charge in [-0.3, -0.25) is 0 Å². The predicted octanol–water partition coefficient (Wildman–Crippen LogP) is 11.3. The molecule has 254 valence electrons. The molecule has 0 N–H and O–H groups in total. The summed E-state index contributed by atoms with van der Waals surface area (Å²) in [4.78, 5) is 2.62. The van der Waals surface area contributed by atoms with Gasteiger partial charge >= 0.3 is 0 Å². The fourth-order valence-corrected chi connectivity index (χ4v) is 10.9. The van der Waals surface area contributed by atoms with Gasteiger partial charge in [0.2, 0.25) is 0 Å². The van der Waals surface area contributed by atoms with Crippen LogP contribution in [0.2, 0.25) is 0 Å². The van der Waals surface area contributed by atoms with E-state index in [1.54, 1.807) is 16.6 Å².